The predicted octanol–water partition coefficient (Wildman–Crippen LogP) is 5.16. The van der Waals surface area contributed by atoms with Gasteiger partial charge in [-0.05, 0) is 69.4 Å². The van der Waals surface area contributed by atoms with Gasteiger partial charge in [-0.25, -0.2) is 4.79 Å². The van der Waals surface area contributed by atoms with Gasteiger partial charge in [-0.3, -0.25) is 9.59 Å². The highest BCUT2D eigenvalue weighted by molar-refractivity contribution is 5.99. The van der Waals surface area contributed by atoms with E-state index in [2.05, 4.69) is 5.32 Å². The van der Waals surface area contributed by atoms with Crippen LogP contribution in [0.1, 0.15) is 50.4 Å². The molecule has 2 heterocycles. The molecule has 2 N–H and O–H groups in total. The summed E-state index contributed by atoms with van der Waals surface area (Å²) in [6.45, 7) is 5.75. The minimum absolute atomic E-state index is 0.0117. The normalized spacial score (nSPS) is 13.7. The van der Waals surface area contributed by atoms with Gasteiger partial charge < -0.3 is 24.6 Å². The second-order valence-electron chi connectivity index (χ2n) is 10.3. The van der Waals surface area contributed by atoms with Crippen LogP contribution < -0.4 is 10.7 Å². The molecule has 0 radical (unpaired) electrons. The summed E-state index contributed by atoms with van der Waals surface area (Å²) in [6, 6.07) is 17.1. The summed E-state index contributed by atoms with van der Waals surface area (Å²) in [6.07, 6.45) is 0. The monoisotopic (exact) mass is 525 g/mol. The van der Waals surface area contributed by atoms with Crippen LogP contribution in [0.5, 0.6) is 0 Å². The van der Waals surface area contributed by atoms with E-state index in [0.29, 0.717) is 41.1 Å². The van der Waals surface area contributed by atoms with Crippen molar-refractivity contribution in [3.63, 3.8) is 0 Å². The van der Waals surface area contributed by atoms with Crippen molar-refractivity contribution in [3.05, 3.63) is 98.7 Å². The van der Waals surface area contributed by atoms with Crippen LogP contribution in [0.4, 0.5) is 5.69 Å². The number of nitrogens with zero attached hydrogens (tertiary/aromatic N) is 2. The molecule has 0 saturated carbocycles. The van der Waals surface area contributed by atoms with Gasteiger partial charge in [-0.2, -0.15) is 0 Å². The Morgan fingerprint density at radius 3 is 2.62 bits per heavy atom. The first-order valence-corrected chi connectivity index (χ1v) is 12.9. The Kier molecular flexibility index (Phi) is 6.97. The summed E-state index contributed by atoms with van der Waals surface area (Å²) in [5.41, 5.74) is 4.86. The lowest BCUT2D eigenvalue weighted by atomic mass is 9.99. The third-order valence-corrected chi connectivity index (χ3v) is 7.08. The number of carbonyl (C=O) groups excluding carboxylic acids is 1. The molecule has 0 bridgehead atoms. The summed E-state index contributed by atoms with van der Waals surface area (Å²) in [5, 5.41) is 13.3. The molecule has 0 saturated heterocycles. The molecule has 0 fully saturated rings. The number of aromatic carboxylic acids is 1. The number of hydrogen-bond acceptors (Lipinski definition) is 6. The highest BCUT2D eigenvalue weighted by Gasteiger charge is 2.28. The number of benzene rings is 3. The lowest BCUT2D eigenvalue weighted by Crippen LogP contribution is -2.31. The van der Waals surface area contributed by atoms with E-state index in [-0.39, 0.29) is 22.9 Å². The molecule has 1 atom stereocenters. The zero-order valence-electron chi connectivity index (χ0n) is 22.4. The molecule has 1 amide bonds. The number of carboxylic acids is 1. The van der Waals surface area contributed by atoms with Crippen LogP contribution in [0.25, 0.3) is 22.3 Å². The number of anilines is 1. The minimum Gasteiger partial charge on any atom is -0.478 e. The van der Waals surface area contributed by atoms with Crippen LogP contribution in [-0.4, -0.2) is 54.0 Å². The Balaban J connectivity index is 1.53. The van der Waals surface area contributed by atoms with Gasteiger partial charge in [0.25, 0.3) is 5.91 Å². The lowest BCUT2D eigenvalue weighted by molar-refractivity contribution is 0.0696. The third kappa shape index (κ3) is 5.15. The highest BCUT2D eigenvalue weighted by Crippen LogP contribution is 2.33. The first kappa shape index (κ1) is 26.2. The minimum atomic E-state index is -1.02. The number of rotatable bonds is 8. The van der Waals surface area contributed by atoms with Crippen molar-refractivity contribution in [1.82, 2.24) is 9.80 Å². The van der Waals surface area contributed by atoms with E-state index in [1.165, 1.54) is 6.07 Å². The molecule has 3 aromatic carbocycles. The van der Waals surface area contributed by atoms with Crippen molar-refractivity contribution in [1.29, 1.82) is 0 Å². The summed E-state index contributed by atoms with van der Waals surface area (Å²) in [4.78, 5) is 41.7. The van der Waals surface area contributed by atoms with E-state index in [1.807, 2.05) is 55.9 Å². The van der Waals surface area contributed by atoms with Crippen LogP contribution >= 0.6 is 0 Å². The molecule has 4 aromatic rings. The van der Waals surface area contributed by atoms with Gasteiger partial charge in [-0.1, -0.05) is 24.3 Å². The van der Waals surface area contributed by atoms with Gasteiger partial charge in [0.2, 0.25) is 0 Å². The number of fused-ring (bicyclic) bond motifs is 2. The fourth-order valence-electron chi connectivity index (χ4n) is 5.04. The van der Waals surface area contributed by atoms with E-state index in [1.54, 1.807) is 36.4 Å². The van der Waals surface area contributed by atoms with Crippen LogP contribution in [-0.2, 0) is 6.54 Å². The molecule has 1 unspecified atom stereocenters. The number of likely N-dealkylation sites (N-methyl/N-ethyl adjacent to an activating group) is 1. The second-order valence-corrected chi connectivity index (χ2v) is 10.3. The Morgan fingerprint density at radius 2 is 1.87 bits per heavy atom. The van der Waals surface area contributed by atoms with E-state index >= 15 is 0 Å². The molecular formula is C31H31N3O5. The number of hydrogen-bond donors (Lipinski definition) is 2. The summed E-state index contributed by atoms with van der Waals surface area (Å²) in [7, 11) is 3.95. The average Bonchev–Trinajstić information content (AvgIpc) is 3.22. The van der Waals surface area contributed by atoms with E-state index < -0.39 is 5.97 Å². The van der Waals surface area contributed by atoms with Crippen molar-refractivity contribution >= 4 is 28.5 Å². The largest absolute Gasteiger partial charge is 0.478 e. The molecule has 1 aromatic heterocycles. The number of amides is 1. The number of carbonyl (C=O) groups is 2. The standard InChI is InChI=1S/C31H31N3O5/c1-18-13-24(19(2)32-26-8-6-5-7-23(26)31(37)38)29-25(14-18)27(35)16-28(39-29)20-9-10-22-21(15-20)17-34(30(22)36)12-11-33(3)4/h5-10,13-16,19,32H,11-12,17H2,1-4H3,(H,37,38). The zero-order chi connectivity index (χ0) is 27.8. The van der Waals surface area contributed by atoms with Crippen molar-refractivity contribution in [2.24, 2.45) is 0 Å². The Hall–Kier alpha value is -4.43. The number of aryl methyl sites for hydroxylation is 1. The first-order valence-electron chi connectivity index (χ1n) is 12.9. The van der Waals surface area contributed by atoms with Gasteiger partial charge in [0, 0.05) is 48.1 Å². The molecule has 1 aliphatic heterocycles. The molecule has 0 spiro atoms. The van der Waals surface area contributed by atoms with Crippen LogP contribution in [0, 0.1) is 6.92 Å². The average molecular weight is 526 g/mol. The third-order valence-electron chi connectivity index (χ3n) is 7.08. The number of para-hydroxylation sites is 1. The maximum absolute atomic E-state index is 13.3. The van der Waals surface area contributed by atoms with Crippen molar-refractivity contribution < 1.29 is 19.1 Å². The summed E-state index contributed by atoms with van der Waals surface area (Å²) in [5.74, 6) is -0.598. The van der Waals surface area contributed by atoms with Gasteiger partial charge >= 0.3 is 5.97 Å². The van der Waals surface area contributed by atoms with E-state index in [9.17, 15) is 19.5 Å². The number of nitrogens with one attached hydrogen (secondary N) is 1. The fourth-order valence-corrected chi connectivity index (χ4v) is 5.04. The van der Waals surface area contributed by atoms with E-state index in [4.69, 9.17) is 4.42 Å². The Bertz CT molecular complexity index is 1660. The van der Waals surface area contributed by atoms with Crippen LogP contribution in [0.15, 0.2) is 69.9 Å². The molecule has 5 rings (SSSR count). The zero-order valence-corrected chi connectivity index (χ0v) is 22.4. The first-order chi connectivity index (χ1) is 18.6. The van der Waals surface area contributed by atoms with Gasteiger partial charge in [-0.15, -0.1) is 0 Å². The fraction of sp³-hybridized carbons (Fsp3) is 0.258. The second kappa shape index (κ2) is 10.4. The van der Waals surface area contributed by atoms with E-state index in [0.717, 1.165) is 28.8 Å². The van der Waals surface area contributed by atoms with Crippen molar-refractivity contribution in [3.8, 4) is 11.3 Å². The number of carboxylic acid groups (broad SMARTS) is 1. The topological polar surface area (TPSA) is 103 Å². The van der Waals surface area contributed by atoms with Crippen molar-refractivity contribution in [2.75, 3.05) is 32.5 Å². The predicted molar refractivity (Wildman–Crippen MR) is 151 cm³/mol. The molecular weight excluding hydrogens is 494 g/mol. The van der Waals surface area contributed by atoms with Crippen molar-refractivity contribution in [2.45, 2.75) is 26.4 Å². The Labute approximate surface area is 226 Å². The molecule has 0 aliphatic carbocycles. The lowest BCUT2D eigenvalue weighted by Gasteiger charge is -2.19. The molecule has 8 nitrogen and oxygen atoms in total. The molecule has 1 aliphatic rings. The quantitative estimate of drug-likeness (QED) is 0.328. The SMILES string of the molecule is Cc1cc(C(C)Nc2ccccc2C(=O)O)c2oc(-c3ccc4c(c3)CN(CCN(C)C)C4=O)cc(=O)c2c1. The van der Waals surface area contributed by atoms with Gasteiger partial charge in [0.1, 0.15) is 11.3 Å². The van der Waals surface area contributed by atoms with Gasteiger partial charge in [0.15, 0.2) is 5.43 Å². The summed E-state index contributed by atoms with van der Waals surface area (Å²) < 4.78 is 6.38. The molecule has 200 valence electrons. The highest BCUT2D eigenvalue weighted by atomic mass is 16.4. The molecule has 39 heavy (non-hydrogen) atoms. The van der Waals surface area contributed by atoms with Gasteiger partial charge in [0.05, 0.1) is 17.0 Å². The maximum atomic E-state index is 13.3. The van der Waals surface area contributed by atoms with Crippen LogP contribution in [0.2, 0.25) is 0 Å². The Morgan fingerprint density at radius 1 is 1.10 bits per heavy atom. The molecule has 8 heteroatoms. The maximum Gasteiger partial charge on any atom is 0.337 e. The summed E-state index contributed by atoms with van der Waals surface area (Å²) >= 11 is 0. The smallest absolute Gasteiger partial charge is 0.337 e. The van der Waals surface area contributed by atoms with Crippen LogP contribution in [0.3, 0.4) is 0 Å².